The molecular formula is C80H100ClFN14O3. The van der Waals surface area contributed by atoms with Gasteiger partial charge in [0.1, 0.15) is 35.8 Å². The SMILES string of the molecule is COc1cc(C(C)C)cnc1-n1cnc(C)c1.Cc1cn(-c2ccc(C(C)C)cc2C)cn1.Cc1cn(-c2ccc(C(C)C)cc2CO)cn1.Cc1cn(-c2ccc(C(C)C)cc2F)cn1.Cc1cn(-c2ccc(C(C)C)cn2)cn1.Cc1ncn(-c2ccc(C(C)C)cc2CO)c1Cl. The maximum Gasteiger partial charge on any atom is 0.180 e. The minimum absolute atomic E-state index is 0.0105. The molecule has 0 radical (unpaired) electrons. The molecule has 8 aromatic heterocycles. The number of ether oxygens (including phenoxy) is 1. The Morgan fingerprint density at radius 2 is 0.778 bits per heavy atom. The third-order valence-corrected chi connectivity index (χ3v) is 17.1. The van der Waals surface area contributed by atoms with Crippen molar-refractivity contribution < 1.29 is 19.3 Å². The van der Waals surface area contributed by atoms with E-state index in [1.807, 2.05) is 135 Å². The lowest BCUT2D eigenvalue weighted by Crippen LogP contribution is -2.01. The van der Waals surface area contributed by atoms with E-state index in [1.165, 1.54) is 39.1 Å². The van der Waals surface area contributed by atoms with E-state index in [-0.39, 0.29) is 19.0 Å². The minimum atomic E-state index is -0.205. The number of aryl methyl sites for hydroxylation is 7. The summed E-state index contributed by atoms with van der Waals surface area (Å²) in [6.07, 6.45) is 24.0. The monoisotopic (exact) mass is 1360 g/mol. The van der Waals surface area contributed by atoms with Gasteiger partial charge in [-0.25, -0.2) is 44.3 Å². The number of benzene rings is 4. The molecule has 0 saturated carbocycles. The third-order valence-electron chi connectivity index (χ3n) is 16.6. The van der Waals surface area contributed by atoms with Gasteiger partial charge in [0, 0.05) is 60.2 Å². The fourth-order valence-corrected chi connectivity index (χ4v) is 10.6. The first kappa shape index (κ1) is 76.7. The van der Waals surface area contributed by atoms with E-state index in [4.69, 9.17) is 16.3 Å². The van der Waals surface area contributed by atoms with Gasteiger partial charge in [-0.3, -0.25) is 13.7 Å². The summed E-state index contributed by atoms with van der Waals surface area (Å²) in [5.74, 6) is 5.05. The van der Waals surface area contributed by atoms with Crippen molar-refractivity contribution in [2.45, 2.75) is 180 Å². The number of hydrogen-bond donors (Lipinski definition) is 2. The highest BCUT2D eigenvalue weighted by atomic mass is 35.5. The number of pyridine rings is 2. The molecule has 0 saturated heterocycles. The summed E-state index contributed by atoms with van der Waals surface area (Å²) in [5, 5.41) is 19.6. The van der Waals surface area contributed by atoms with Crippen molar-refractivity contribution in [3.05, 3.63) is 268 Å². The van der Waals surface area contributed by atoms with Crippen LogP contribution in [0, 0.1) is 54.3 Å². The van der Waals surface area contributed by atoms with Gasteiger partial charge in [0.05, 0.1) is 90.5 Å². The molecule has 0 spiro atoms. The van der Waals surface area contributed by atoms with Gasteiger partial charge in [-0.2, -0.15) is 0 Å². The first-order valence-corrected chi connectivity index (χ1v) is 34.1. The van der Waals surface area contributed by atoms with Gasteiger partial charge < -0.3 is 28.7 Å². The number of nitrogens with zero attached hydrogens (tertiary/aromatic N) is 14. The lowest BCUT2D eigenvalue weighted by atomic mass is 10.00. The van der Waals surface area contributed by atoms with Crippen LogP contribution in [0.1, 0.15) is 203 Å². The zero-order chi connectivity index (χ0) is 72.4. The lowest BCUT2D eigenvalue weighted by molar-refractivity contribution is 0.281. The summed E-state index contributed by atoms with van der Waals surface area (Å²) in [6.45, 7) is 39.5. The highest BCUT2D eigenvalue weighted by Gasteiger charge is 2.15. The van der Waals surface area contributed by atoms with E-state index in [0.717, 1.165) is 79.6 Å². The second-order valence-corrected chi connectivity index (χ2v) is 27.0. The van der Waals surface area contributed by atoms with Crippen LogP contribution in [-0.4, -0.2) is 84.6 Å². The maximum atomic E-state index is 13.9. The van der Waals surface area contributed by atoms with Gasteiger partial charge in [-0.05, 0) is 165 Å². The van der Waals surface area contributed by atoms with Crippen LogP contribution in [0.15, 0.2) is 172 Å². The fourth-order valence-electron chi connectivity index (χ4n) is 10.4. The molecule has 17 nitrogen and oxygen atoms in total. The van der Waals surface area contributed by atoms with Crippen molar-refractivity contribution in [1.29, 1.82) is 0 Å². The van der Waals surface area contributed by atoms with Gasteiger partial charge >= 0.3 is 0 Å². The molecule has 4 aromatic carbocycles. The van der Waals surface area contributed by atoms with Crippen LogP contribution in [0.3, 0.4) is 0 Å². The molecule has 0 aliphatic heterocycles. The van der Waals surface area contributed by atoms with Crippen LogP contribution in [0.25, 0.3) is 34.4 Å². The minimum Gasteiger partial charge on any atom is -0.493 e. The van der Waals surface area contributed by atoms with Crippen molar-refractivity contribution in [3.63, 3.8) is 0 Å². The first-order valence-electron chi connectivity index (χ1n) is 33.7. The lowest BCUT2D eigenvalue weighted by Gasteiger charge is -2.13. The van der Waals surface area contributed by atoms with Gasteiger partial charge in [0.15, 0.2) is 11.6 Å². The summed E-state index contributed by atoms with van der Waals surface area (Å²) in [5.41, 5.74) is 19.7. The van der Waals surface area contributed by atoms with E-state index >= 15 is 0 Å². The summed E-state index contributed by atoms with van der Waals surface area (Å²) in [7, 11) is 1.66. The highest BCUT2D eigenvalue weighted by Crippen LogP contribution is 2.29. The van der Waals surface area contributed by atoms with Gasteiger partial charge in [0.25, 0.3) is 0 Å². The molecule has 8 heterocycles. The van der Waals surface area contributed by atoms with Crippen LogP contribution < -0.4 is 4.74 Å². The van der Waals surface area contributed by atoms with Crippen molar-refractivity contribution >= 4 is 11.6 Å². The molecular weight excluding hydrogens is 1260 g/mol. The van der Waals surface area contributed by atoms with Crippen molar-refractivity contribution in [3.8, 4) is 40.1 Å². The molecule has 0 bridgehead atoms. The Morgan fingerprint density at radius 3 is 1.17 bits per heavy atom. The predicted molar refractivity (Wildman–Crippen MR) is 398 cm³/mol. The smallest absolute Gasteiger partial charge is 0.180 e. The van der Waals surface area contributed by atoms with Crippen LogP contribution >= 0.6 is 11.6 Å². The second kappa shape index (κ2) is 35.8. The number of aromatic nitrogens is 14. The van der Waals surface area contributed by atoms with Gasteiger partial charge in [-0.1, -0.05) is 143 Å². The number of aliphatic hydroxyl groups excluding tert-OH is 2. The van der Waals surface area contributed by atoms with Crippen molar-refractivity contribution in [2.75, 3.05) is 7.11 Å². The summed E-state index contributed by atoms with van der Waals surface area (Å²) in [4.78, 5) is 34.0. The second-order valence-electron chi connectivity index (χ2n) is 26.6. The third kappa shape index (κ3) is 21.0. The van der Waals surface area contributed by atoms with Crippen LogP contribution in [0.5, 0.6) is 5.75 Å². The largest absolute Gasteiger partial charge is 0.493 e. The van der Waals surface area contributed by atoms with E-state index in [9.17, 15) is 14.6 Å². The summed E-state index contributed by atoms with van der Waals surface area (Å²) < 4.78 is 30.6. The molecule has 522 valence electrons. The molecule has 12 rings (SSSR count). The molecule has 19 heteroatoms. The van der Waals surface area contributed by atoms with Crippen LogP contribution in [-0.2, 0) is 13.2 Å². The Balaban J connectivity index is 0.000000167. The number of halogens is 2. The van der Waals surface area contributed by atoms with E-state index < -0.39 is 0 Å². The molecule has 0 fully saturated rings. The summed E-state index contributed by atoms with van der Waals surface area (Å²) in [6, 6.07) is 30.4. The maximum absolute atomic E-state index is 13.9. The van der Waals surface area contributed by atoms with Crippen LogP contribution in [0.2, 0.25) is 5.15 Å². The van der Waals surface area contributed by atoms with E-state index in [0.29, 0.717) is 46.3 Å². The van der Waals surface area contributed by atoms with Gasteiger partial charge in [0.2, 0.25) is 0 Å². The normalized spacial score (nSPS) is 11.1. The molecule has 12 aromatic rings. The zero-order valence-corrected chi connectivity index (χ0v) is 62.1. The highest BCUT2D eigenvalue weighted by molar-refractivity contribution is 6.30. The van der Waals surface area contributed by atoms with Crippen molar-refractivity contribution in [2.24, 2.45) is 0 Å². The Bertz CT molecular complexity index is 4320. The molecule has 99 heavy (non-hydrogen) atoms. The fraction of sp³-hybridized carbons (Fsp3) is 0.350. The molecule has 0 aliphatic carbocycles. The zero-order valence-electron chi connectivity index (χ0n) is 61.4. The van der Waals surface area contributed by atoms with Crippen molar-refractivity contribution in [1.82, 2.24) is 67.3 Å². The summed E-state index contributed by atoms with van der Waals surface area (Å²) >= 11 is 6.19. The van der Waals surface area contributed by atoms with Gasteiger partial charge in [-0.15, -0.1) is 0 Å². The Morgan fingerprint density at radius 1 is 0.394 bits per heavy atom. The van der Waals surface area contributed by atoms with E-state index in [1.54, 1.807) is 60.0 Å². The Labute approximate surface area is 590 Å². The van der Waals surface area contributed by atoms with E-state index in [2.05, 4.69) is 183 Å². The molecule has 0 atom stereocenters. The topological polar surface area (TPSA) is 182 Å². The average molecular weight is 1360 g/mol. The standard InChI is InChI=1S/C14H17ClN2O.C14H18N2O.C14H18N2.C13H15FN2.C13H17N3O.C12H15N3/c1-9(2)11-4-5-13(12(6-11)7-18)17-8-16-10(3)14(17)15;1-10(2)12-4-5-14(13(6-12)8-17)16-7-11(3)15-9-16;1-10(2)13-5-6-14(11(3)7-13)16-8-12(4)15-9-16;1-9(2)11-4-5-13(12(14)6-11)16-7-10(3)15-8-16;1-9(2)11-5-12(17-4)13(14-6-11)16-7-10(3)15-8-16;1-9(2)11-4-5-12(13-6-11)15-7-10(3)14-8-15/h4-6,8-9,18H,7H2,1-3H3;4-7,9-10,17H,8H2,1-3H3;5-10H,1-4H3;4-9H,1-3H3;5-9H,1-4H3;4-9H,1-3H3. The predicted octanol–water partition coefficient (Wildman–Crippen LogP) is 18.7. The molecule has 0 unspecified atom stereocenters. The average Bonchev–Trinajstić information content (AvgIpc) is 1.77. The number of hydrogen-bond acceptors (Lipinski definition) is 11. The molecule has 2 N–H and O–H groups in total. The first-order chi connectivity index (χ1) is 47.1. The number of methoxy groups -OCH3 is 1. The Kier molecular flexibility index (Phi) is 27.7. The number of rotatable bonds is 15. The molecule has 0 aliphatic rings. The number of aliphatic hydroxyl groups is 2. The molecule has 0 amide bonds. The van der Waals surface area contributed by atoms with Crippen LogP contribution in [0.4, 0.5) is 4.39 Å². The quantitative estimate of drug-likeness (QED) is 0.0996. The Hall–Kier alpha value is -9.62. The number of imidazole rings is 6.